The molecule has 0 radical (unpaired) electrons. The Balaban J connectivity index is 1.93. The van der Waals surface area contributed by atoms with E-state index in [1.807, 2.05) is 59.2 Å². The van der Waals surface area contributed by atoms with Crippen LogP contribution in [0.4, 0.5) is 0 Å². The molecule has 0 atom stereocenters. The summed E-state index contributed by atoms with van der Waals surface area (Å²) in [7, 11) is 1.63. The van der Waals surface area contributed by atoms with E-state index in [2.05, 4.69) is 10.2 Å². The summed E-state index contributed by atoms with van der Waals surface area (Å²) in [5.74, 6) is 0.604. The van der Waals surface area contributed by atoms with Gasteiger partial charge < -0.3 is 9.84 Å². The maximum Gasteiger partial charge on any atom is 0.313 e. The van der Waals surface area contributed by atoms with Crippen LogP contribution in [0.1, 0.15) is 11.4 Å². The van der Waals surface area contributed by atoms with E-state index in [0.717, 1.165) is 34.6 Å². The van der Waals surface area contributed by atoms with Crippen LogP contribution >= 0.6 is 11.8 Å². The normalized spacial score (nSPS) is 10.6. The summed E-state index contributed by atoms with van der Waals surface area (Å²) in [5, 5.41) is 18.0. The van der Waals surface area contributed by atoms with Crippen molar-refractivity contribution in [2.24, 2.45) is 0 Å². The molecule has 0 saturated carbocycles. The molecular formula is C18H17N3O3S. The van der Waals surface area contributed by atoms with Crippen molar-refractivity contribution in [3.05, 3.63) is 66.0 Å². The molecule has 3 aromatic rings. The molecule has 0 fully saturated rings. The van der Waals surface area contributed by atoms with Crippen molar-refractivity contribution in [2.75, 3.05) is 12.9 Å². The zero-order valence-corrected chi connectivity index (χ0v) is 14.4. The van der Waals surface area contributed by atoms with Crippen molar-refractivity contribution >= 4 is 17.7 Å². The van der Waals surface area contributed by atoms with Crippen LogP contribution in [-0.2, 0) is 11.2 Å². The van der Waals surface area contributed by atoms with Gasteiger partial charge in [-0.1, -0.05) is 42.1 Å². The van der Waals surface area contributed by atoms with Crippen molar-refractivity contribution in [3.8, 4) is 11.4 Å². The molecule has 0 amide bonds. The van der Waals surface area contributed by atoms with Gasteiger partial charge in [0.15, 0.2) is 5.16 Å². The van der Waals surface area contributed by atoms with Crippen LogP contribution in [0.15, 0.2) is 59.8 Å². The average Bonchev–Trinajstić information content (AvgIpc) is 3.04. The molecule has 2 aromatic carbocycles. The number of rotatable bonds is 7. The second-order valence-corrected chi connectivity index (χ2v) is 6.22. The molecule has 7 heteroatoms. The van der Waals surface area contributed by atoms with Gasteiger partial charge in [0.05, 0.1) is 12.9 Å². The Morgan fingerprint density at radius 3 is 2.48 bits per heavy atom. The van der Waals surface area contributed by atoms with Gasteiger partial charge in [-0.2, -0.15) is 0 Å². The predicted molar refractivity (Wildman–Crippen MR) is 95.5 cm³/mol. The molecule has 0 aliphatic rings. The third kappa shape index (κ3) is 4.19. The Morgan fingerprint density at radius 2 is 1.84 bits per heavy atom. The Kier molecular flexibility index (Phi) is 5.35. The number of para-hydroxylation sites is 1. The fraction of sp³-hybridized carbons (Fsp3) is 0.167. The van der Waals surface area contributed by atoms with Crippen molar-refractivity contribution in [3.63, 3.8) is 0 Å². The van der Waals surface area contributed by atoms with Gasteiger partial charge in [-0.25, -0.2) is 0 Å². The zero-order chi connectivity index (χ0) is 17.6. The maximum atomic E-state index is 10.9. The molecule has 25 heavy (non-hydrogen) atoms. The predicted octanol–water partition coefficient (Wildman–Crippen LogP) is 3.04. The van der Waals surface area contributed by atoms with Crippen LogP contribution in [0.2, 0.25) is 0 Å². The molecule has 0 aliphatic heterocycles. The highest BCUT2D eigenvalue weighted by Crippen LogP contribution is 2.24. The van der Waals surface area contributed by atoms with Gasteiger partial charge in [-0.3, -0.25) is 9.36 Å². The SMILES string of the molecule is COc1ccc(Cc2nnc(SCC(=O)O)n2-c2ccccc2)cc1. The van der Waals surface area contributed by atoms with E-state index >= 15 is 0 Å². The summed E-state index contributed by atoms with van der Waals surface area (Å²) in [6, 6.07) is 17.5. The fourth-order valence-electron chi connectivity index (χ4n) is 2.40. The molecule has 0 saturated heterocycles. The second-order valence-electron chi connectivity index (χ2n) is 5.28. The van der Waals surface area contributed by atoms with Crippen LogP contribution in [0.25, 0.3) is 5.69 Å². The van der Waals surface area contributed by atoms with E-state index in [-0.39, 0.29) is 5.75 Å². The second kappa shape index (κ2) is 7.85. The smallest absolute Gasteiger partial charge is 0.313 e. The van der Waals surface area contributed by atoms with Crippen LogP contribution in [0, 0.1) is 0 Å². The quantitative estimate of drug-likeness (QED) is 0.657. The van der Waals surface area contributed by atoms with Gasteiger partial charge in [0.25, 0.3) is 0 Å². The van der Waals surface area contributed by atoms with Gasteiger partial charge in [-0.15, -0.1) is 10.2 Å². The van der Waals surface area contributed by atoms with Crippen molar-refractivity contribution in [2.45, 2.75) is 11.6 Å². The average molecular weight is 355 g/mol. The lowest BCUT2D eigenvalue weighted by molar-refractivity contribution is -0.133. The van der Waals surface area contributed by atoms with Gasteiger partial charge in [-0.05, 0) is 29.8 Å². The van der Waals surface area contributed by atoms with Crippen molar-refractivity contribution in [1.82, 2.24) is 14.8 Å². The molecular weight excluding hydrogens is 338 g/mol. The number of aliphatic carboxylic acids is 1. The van der Waals surface area contributed by atoms with Crippen molar-refractivity contribution < 1.29 is 14.6 Å². The zero-order valence-electron chi connectivity index (χ0n) is 13.6. The van der Waals surface area contributed by atoms with Crippen LogP contribution in [0.5, 0.6) is 5.75 Å². The molecule has 6 nitrogen and oxygen atoms in total. The highest BCUT2D eigenvalue weighted by molar-refractivity contribution is 7.99. The van der Waals surface area contributed by atoms with Crippen LogP contribution in [-0.4, -0.2) is 38.7 Å². The summed E-state index contributed by atoms with van der Waals surface area (Å²) >= 11 is 1.16. The van der Waals surface area contributed by atoms with Crippen LogP contribution in [0.3, 0.4) is 0 Å². The first-order valence-corrected chi connectivity index (χ1v) is 8.63. The number of carboxylic acids is 1. The summed E-state index contributed by atoms with van der Waals surface area (Å²) < 4.78 is 7.08. The number of benzene rings is 2. The summed E-state index contributed by atoms with van der Waals surface area (Å²) in [5.41, 5.74) is 1.98. The lowest BCUT2D eigenvalue weighted by Crippen LogP contribution is -2.05. The number of aromatic nitrogens is 3. The van der Waals surface area contributed by atoms with Gasteiger partial charge >= 0.3 is 5.97 Å². The first-order valence-electron chi connectivity index (χ1n) is 7.64. The molecule has 1 heterocycles. The number of methoxy groups -OCH3 is 1. The van der Waals surface area contributed by atoms with E-state index in [1.165, 1.54) is 0 Å². The van der Waals surface area contributed by atoms with Crippen LogP contribution < -0.4 is 4.74 Å². The summed E-state index contributed by atoms with van der Waals surface area (Å²) in [6.07, 6.45) is 0.583. The number of ether oxygens (including phenoxy) is 1. The lowest BCUT2D eigenvalue weighted by Gasteiger charge is -2.10. The van der Waals surface area contributed by atoms with Gasteiger partial charge in [0.2, 0.25) is 0 Å². The molecule has 1 N–H and O–H groups in total. The number of thioether (sulfide) groups is 1. The number of hydrogen-bond donors (Lipinski definition) is 1. The largest absolute Gasteiger partial charge is 0.497 e. The molecule has 128 valence electrons. The van der Waals surface area contributed by atoms with E-state index < -0.39 is 5.97 Å². The fourth-order valence-corrected chi connectivity index (χ4v) is 3.09. The van der Waals surface area contributed by atoms with E-state index in [1.54, 1.807) is 7.11 Å². The lowest BCUT2D eigenvalue weighted by atomic mass is 10.1. The molecule has 0 spiro atoms. The standard InChI is InChI=1S/C18H17N3O3S/c1-24-15-9-7-13(8-10-15)11-16-19-20-18(25-12-17(22)23)21(16)14-5-3-2-4-6-14/h2-10H,11-12H2,1H3,(H,22,23). The first kappa shape index (κ1) is 17.0. The Morgan fingerprint density at radius 1 is 1.12 bits per heavy atom. The Hall–Kier alpha value is -2.80. The Labute approximate surface area is 149 Å². The minimum atomic E-state index is -0.885. The molecule has 0 aliphatic carbocycles. The number of nitrogens with zero attached hydrogens (tertiary/aromatic N) is 3. The highest BCUT2D eigenvalue weighted by Gasteiger charge is 2.16. The molecule has 1 aromatic heterocycles. The van der Waals surface area contributed by atoms with E-state index in [9.17, 15) is 4.79 Å². The number of carboxylic acid groups (broad SMARTS) is 1. The third-order valence-electron chi connectivity index (χ3n) is 3.56. The maximum absolute atomic E-state index is 10.9. The minimum Gasteiger partial charge on any atom is -0.497 e. The first-order chi connectivity index (χ1) is 12.2. The third-order valence-corrected chi connectivity index (χ3v) is 4.47. The highest BCUT2D eigenvalue weighted by atomic mass is 32.2. The molecule has 0 unspecified atom stereocenters. The van der Waals surface area contributed by atoms with Gasteiger partial charge in [0, 0.05) is 12.1 Å². The number of carbonyl (C=O) groups is 1. The minimum absolute atomic E-state index is 0.0620. The number of hydrogen-bond acceptors (Lipinski definition) is 5. The molecule has 3 rings (SSSR count). The summed E-state index contributed by atoms with van der Waals surface area (Å²) in [4.78, 5) is 10.9. The van der Waals surface area contributed by atoms with E-state index in [4.69, 9.17) is 9.84 Å². The monoisotopic (exact) mass is 355 g/mol. The Bertz CT molecular complexity index is 848. The van der Waals surface area contributed by atoms with Crippen molar-refractivity contribution in [1.29, 1.82) is 0 Å². The summed E-state index contributed by atoms with van der Waals surface area (Å²) in [6.45, 7) is 0. The van der Waals surface area contributed by atoms with E-state index in [0.29, 0.717) is 11.6 Å². The van der Waals surface area contributed by atoms with Gasteiger partial charge in [0.1, 0.15) is 11.6 Å². The molecule has 0 bridgehead atoms. The topological polar surface area (TPSA) is 77.2 Å².